The molecule has 0 aromatic carbocycles. The molecule has 1 fully saturated rings. The maximum absolute atomic E-state index is 6.08. The second-order valence-electron chi connectivity index (χ2n) is 6.40. The molecular formula is C14H25BO4. The van der Waals surface area contributed by atoms with Crippen LogP contribution in [0.25, 0.3) is 0 Å². The van der Waals surface area contributed by atoms with E-state index in [4.69, 9.17) is 18.8 Å². The number of hydrogen-bond acceptors (Lipinski definition) is 4. The highest BCUT2D eigenvalue weighted by Crippen LogP contribution is 2.42. The lowest BCUT2D eigenvalue weighted by molar-refractivity contribution is -0.210. The van der Waals surface area contributed by atoms with E-state index < -0.39 is 5.79 Å². The monoisotopic (exact) mass is 268 g/mol. The summed E-state index contributed by atoms with van der Waals surface area (Å²) in [5.41, 5.74) is 0.505. The summed E-state index contributed by atoms with van der Waals surface area (Å²) in [6.07, 6.45) is 4.67. The van der Waals surface area contributed by atoms with Gasteiger partial charge in [0.2, 0.25) is 0 Å². The highest BCUT2D eigenvalue weighted by molar-refractivity contribution is 6.54. The molecule has 0 N–H and O–H groups in total. The molecule has 0 spiro atoms. The number of ether oxygens (including phenoxy) is 2. The summed E-state index contributed by atoms with van der Waals surface area (Å²) in [6, 6.07) is 0. The van der Waals surface area contributed by atoms with Crippen molar-refractivity contribution in [2.45, 2.75) is 63.9 Å². The molecule has 5 heteroatoms. The van der Waals surface area contributed by atoms with Crippen molar-refractivity contribution in [3.63, 3.8) is 0 Å². The van der Waals surface area contributed by atoms with Crippen LogP contribution in [0.4, 0.5) is 0 Å². The van der Waals surface area contributed by atoms with E-state index in [1.54, 1.807) is 14.2 Å². The molecule has 0 saturated carbocycles. The van der Waals surface area contributed by atoms with Gasteiger partial charge in [0.25, 0.3) is 0 Å². The Balaban J connectivity index is 2.14. The van der Waals surface area contributed by atoms with Crippen molar-refractivity contribution in [2.24, 2.45) is 0 Å². The van der Waals surface area contributed by atoms with Gasteiger partial charge >= 0.3 is 7.12 Å². The molecule has 1 heterocycles. The molecule has 0 aromatic rings. The molecule has 0 aromatic heterocycles. The normalized spacial score (nSPS) is 28.3. The Kier molecular flexibility index (Phi) is 3.86. The van der Waals surface area contributed by atoms with Crippen molar-refractivity contribution in [3.8, 4) is 0 Å². The first kappa shape index (κ1) is 15.0. The minimum atomic E-state index is -0.534. The third-order valence-electron chi connectivity index (χ3n) is 4.71. The Labute approximate surface area is 116 Å². The molecule has 1 saturated heterocycles. The van der Waals surface area contributed by atoms with Crippen molar-refractivity contribution in [2.75, 3.05) is 14.2 Å². The average Bonchev–Trinajstić information content (AvgIpc) is 2.58. The summed E-state index contributed by atoms with van der Waals surface area (Å²) >= 11 is 0. The maximum atomic E-state index is 6.08. The summed E-state index contributed by atoms with van der Waals surface area (Å²) in [4.78, 5) is 0. The largest absolute Gasteiger partial charge is 0.490 e. The van der Waals surface area contributed by atoms with E-state index >= 15 is 0 Å². The van der Waals surface area contributed by atoms with E-state index in [1.165, 1.54) is 0 Å². The summed E-state index contributed by atoms with van der Waals surface area (Å²) in [7, 11) is 3.09. The van der Waals surface area contributed by atoms with Crippen molar-refractivity contribution < 1.29 is 18.8 Å². The third kappa shape index (κ3) is 2.61. The Bertz CT molecular complexity index is 356. The van der Waals surface area contributed by atoms with Crippen LogP contribution in [0.1, 0.15) is 47.0 Å². The molecule has 0 atom stereocenters. The molecule has 0 radical (unpaired) electrons. The van der Waals surface area contributed by atoms with Crippen LogP contribution in [-0.2, 0) is 18.8 Å². The SMILES string of the molecule is COC1(OC)CCC=C(B2OC(C)(C)C(C)(C)O2)C1. The minimum absolute atomic E-state index is 0.296. The van der Waals surface area contributed by atoms with Crippen LogP contribution in [0.2, 0.25) is 0 Å². The van der Waals surface area contributed by atoms with Crippen LogP contribution >= 0.6 is 0 Å². The second-order valence-corrected chi connectivity index (χ2v) is 6.40. The lowest BCUT2D eigenvalue weighted by Crippen LogP contribution is -2.41. The van der Waals surface area contributed by atoms with Crippen molar-refractivity contribution in [3.05, 3.63) is 11.5 Å². The van der Waals surface area contributed by atoms with Crippen molar-refractivity contribution >= 4 is 7.12 Å². The highest BCUT2D eigenvalue weighted by Gasteiger charge is 2.53. The average molecular weight is 268 g/mol. The van der Waals surface area contributed by atoms with Crippen LogP contribution in [0, 0.1) is 0 Å². The molecule has 0 amide bonds. The standard InChI is InChI=1S/C14H25BO4/c1-12(2)13(3,4)19-15(18-12)11-8-7-9-14(10-11,16-5)17-6/h8H,7,9-10H2,1-6H3. The summed E-state index contributed by atoms with van der Waals surface area (Å²) in [6.45, 7) is 8.26. The van der Waals surface area contributed by atoms with E-state index in [0.29, 0.717) is 6.42 Å². The van der Waals surface area contributed by atoms with Crippen molar-refractivity contribution in [1.29, 1.82) is 0 Å². The quantitative estimate of drug-likeness (QED) is 0.582. The Morgan fingerprint density at radius 3 is 2.05 bits per heavy atom. The molecule has 0 bridgehead atoms. The van der Waals surface area contributed by atoms with Crippen molar-refractivity contribution in [1.82, 2.24) is 0 Å². The molecule has 2 aliphatic rings. The van der Waals surface area contributed by atoms with Gasteiger partial charge in [0, 0.05) is 27.1 Å². The zero-order valence-electron chi connectivity index (χ0n) is 12.9. The van der Waals surface area contributed by atoms with Gasteiger partial charge < -0.3 is 18.8 Å². The second kappa shape index (κ2) is 4.88. The van der Waals surface area contributed by atoms with Gasteiger partial charge in [0.1, 0.15) is 0 Å². The van der Waals surface area contributed by atoms with Gasteiger partial charge in [0.05, 0.1) is 11.2 Å². The van der Waals surface area contributed by atoms with Gasteiger partial charge in [-0.25, -0.2) is 0 Å². The number of hydrogen-bond donors (Lipinski definition) is 0. The maximum Gasteiger partial charge on any atom is 0.490 e. The number of rotatable bonds is 3. The van der Waals surface area contributed by atoms with Gasteiger partial charge in [-0.2, -0.15) is 0 Å². The molecular weight excluding hydrogens is 243 g/mol. The fourth-order valence-electron chi connectivity index (χ4n) is 2.55. The zero-order chi connectivity index (χ0) is 14.3. The molecule has 2 rings (SSSR count). The zero-order valence-corrected chi connectivity index (χ0v) is 12.9. The Morgan fingerprint density at radius 2 is 1.58 bits per heavy atom. The number of methoxy groups -OCH3 is 2. The first-order valence-electron chi connectivity index (χ1n) is 6.90. The lowest BCUT2D eigenvalue weighted by atomic mass is 9.71. The fourth-order valence-corrected chi connectivity index (χ4v) is 2.55. The summed E-state index contributed by atoms with van der Waals surface area (Å²) in [5.74, 6) is -0.534. The third-order valence-corrected chi connectivity index (χ3v) is 4.71. The summed E-state index contributed by atoms with van der Waals surface area (Å²) in [5, 5.41) is 0. The smallest absolute Gasteiger partial charge is 0.400 e. The molecule has 1 aliphatic heterocycles. The Hall–Kier alpha value is -0.355. The molecule has 19 heavy (non-hydrogen) atoms. The highest BCUT2D eigenvalue weighted by atomic mass is 16.7. The van der Waals surface area contributed by atoms with Gasteiger partial charge in [-0.05, 0) is 39.6 Å². The predicted octanol–water partition coefficient (Wildman–Crippen LogP) is 2.72. The molecule has 4 nitrogen and oxygen atoms in total. The van der Waals surface area contributed by atoms with Gasteiger partial charge in [-0.15, -0.1) is 0 Å². The van der Waals surface area contributed by atoms with Crippen LogP contribution in [0.3, 0.4) is 0 Å². The predicted molar refractivity (Wildman–Crippen MR) is 74.8 cm³/mol. The van der Waals surface area contributed by atoms with Crippen LogP contribution < -0.4 is 0 Å². The van der Waals surface area contributed by atoms with Gasteiger partial charge in [-0.3, -0.25) is 0 Å². The number of allylic oxidation sites excluding steroid dienone is 1. The van der Waals surface area contributed by atoms with Crippen LogP contribution in [-0.4, -0.2) is 38.3 Å². The van der Waals surface area contributed by atoms with Crippen LogP contribution in [0.15, 0.2) is 11.5 Å². The molecule has 108 valence electrons. The van der Waals surface area contributed by atoms with E-state index in [1.807, 2.05) is 0 Å². The molecule has 1 aliphatic carbocycles. The fraction of sp³-hybridized carbons (Fsp3) is 0.857. The lowest BCUT2D eigenvalue weighted by Gasteiger charge is -2.35. The Morgan fingerprint density at radius 1 is 1.05 bits per heavy atom. The van der Waals surface area contributed by atoms with Crippen LogP contribution in [0.5, 0.6) is 0 Å². The summed E-state index contributed by atoms with van der Waals surface area (Å²) < 4.78 is 23.3. The topological polar surface area (TPSA) is 36.9 Å². The van der Waals surface area contributed by atoms with E-state index in [2.05, 4.69) is 33.8 Å². The van der Waals surface area contributed by atoms with E-state index in [0.717, 1.165) is 18.3 Å². The first-order valence-corrected chi connectivity index (χ1v) is 6.90. The van der Waals surface area contributed by atoms with E-state index in [9.17, 15) is 0 Å². The van der Waals surface area contributed by atoms with Gasteiger partial charge in [0.15, 0.2) is 5.79 Å². The minimum Gasteiger partial charge on any atom is -0.400 e. The first-order chi connectivity index (χ1) is 8.75. The molecule has 0 unspecified atom stereocenters. The van der Waals surface area contributed by atoms with Gasteiger partial charge in [-0.1, -0.05) is 6.08 Å². The van der Waals surface area contributed by atoms with E-state index in [-0.39, 0.29) is 18.3 Å².